The standard InChI is InChI=1S/C11H12ClN3S2/c1-2-5-16-7-4-13-9-8-3-6-17-10(8)15-11(12)14-9/h2-3,6H,1,4-5,7H2,(H,13,14,15). The summed E-state index contributed by atoms with van der Waals surface area (Å²) in [6, 6.07) is 2.01. The van der Waals surface area contributed by atoms with E-state index in [-0.39, 0.29) is 0 Å². The fraction of sp³-hybridized carbons (Fsp3) is 0.273. The zero-order chi connectivity index (χ0) is 12.1. The summed E-state index contributed by atoms with van der Waals surface area (Å²) in [5.41, 5.74) is 0. The molecular formula is C11H12ClN3S2. The number of thiophene rings is 1. The van der Waals surface area contributed by atoms with Crippen molar-refractivity contribution in [3.63, 3.8) is 0 Å². The van der Waals surface area contributed by atoms with Gasteiger partial charge < -0.3 is 5.32 Å². The number of thioether (sulfide) groups is 1. The lowest BCUT2D eigenvalue weighted by Crippen LogP contribution is -2.06. The maximum absolute atomic E-state index is 5.87. The Morgan fingerprint density at radius 2 is 2.41 bits per heavy atom. The third kappa shape index (κ3) is 3.34. The van der Waals surface area contributed by atoms with Gasteiger partial charge in [0.1, 0.15) is 10.6 Å². The van der Waals surface area contributed by atoms with Crippen molar-refractivity contribution in [2.75, 3.05) is 23.4 Å². The van der Waals surface area contributed by atoms with E-state index in [1.165, 1.54) is 0 Å². The Kier molecular flexibility index (Phi) is 4.65. The largest absolute Gasteiger partial charge is 0.369 e. The van der Waals surface area contributed by atoms with Crippen LogP contribution in [0.5, 0.6) is 0 Å². The second kappa shape index (κ2) is 6.23. The minimum absolute atomic E-state index is 0.293. The molecule has 0 aliphatic carbocycles. The number of fused-ring (bicyclic) bond motifs is 1. The molecule has 0 saturated heterocycles. The lowest BCUT2D eigenvalue weighted by Gasteiger charge is -2.06. The second-order valence-electron chi connectivity index (χ2n) is 3.27. The zero-order valence-corrected chi connectivity index (χ0v) is 11.5. The van der Waals surface area contributed by atoms with E-state index in [0.29, 0.717) is 5.28 Å². The predicted molar refractivity (Wildman–Crippen MR) is 78.4 cm³/mol. The van der Waals surface area contributed by atoms with Gasteiger partial charge in [-0.1, -0.05) is 6.08 Å². The third-order valence-electron chi connectivity index (χ3n) is 2.07. The average Bonchev–Trinajstić information content (AvgIpc) is 2.76. The summed E-state index contributed by atoms with van der Waals surface area (Å²) in [6.45, 7) is 4.54. The molecule has 0 atom stereocenters. The van der Waals surface area contributed by atoms with Crippen molar-refractivity contribution in [1.29, 1.82) is 0 Å². The van der Waals surface area contributed by atoms with Crippen LogP contribution in [0, 0.1) is 0 Å². The number of anilines is 1. The summed E-state index contributed by atoms with van der Waals surface area (Å²) in [6.07, 6.45) is 1.91. The number of nitrogens with zero attached hydrogens (tertiary/aromatic N) is 2. The molecule has 0 unspecified atom stereocenters. The lowest BCUT2D eigenvalue weighted by atomic mass is 10.4. The monoisotopic (exact) mass is 285 g/mol. The number of nitrogens with one attached hydrogen (secondary N) is 1. The highest BCUT2D eigenvalue weighted by molar-refractivity contribution is 7.99. The van der Waals surface area contributed by atoms with Crippen molar-refractivity contribution in [3.8, 4) is 0 Å². The van der Waals surface area contributed by atoms with Gasteiger partial charge in [0, 0.05) is 18.1 Å². The number of halogens is 1. The molecule has 0 aromatic carbocycles. The molecule has 3 nitrogen and oxygen atoms in total. The molecule has 17 heavy (non-hydrogen) atoms. The fourth-order valence-electron chi connectivity index (χ4n) is 1.37. The van der Waals surface area contributed by atoms with Crippen LogP contribution in [0.15, 0.2) is 24.1 Å². The van der Waals surface area contributed by atoms with E-state index in [2.05, 4.69) is 21.9 Å². The van der Waals surface area contributed by atoms with E-state index in [1.807, 2.05) is 29.3 Å². The molecule has 2 heterocycles. The molecule has 2 rings (SSSR count). The van der Waals surface area contributed by atoms with Crippen molar-refractivity contribution >= 4 is 50.7 Å². The molecule has 0 amide bonds. The molecule has 1 N–H and O–H groups in total. The van der Waals surface area contributed by atoms with Crippen LogP contribution < -0.4 is 5.32 Å². The Morgan fingerprint density at radius 3 is 3.24 bits per heavy atom. The Hall–Kier alpha value is -0.780. The van der Waals surface area contributed by atoms with Gasteiger partial charge in [0.2, 0.25) is 5.28 Å². The quantitative estimate of drug-likeness (QED) is 0.499. The number of hydrogen-bond donors (Lipinski definition) is 1. The Bertz CT molecular complexity index is 512. The first-order chi connectivity index (χ1) is 8.31. The molecule has 6 heteroatoms. The van der Waals surface area contributed by atoms with Crippen LogP contribution in [0.4, 0.5) is 5.82 Å². The maximum Gasteiger partial charge on any atom is 0.225 e. The van der Waals surface area contributed by atoms with Crippen LogP contribution in [0.2, 0.25) is 5.28 Å². The molecule has 0 aliphatic rings. The average molecular weight is 286 g/mol. The molecule has 0 spiro atoms. The smallest absolute Gasteiger partial charge is 0.225 e. The van der Waals surface area contributed by atoms with Crippen molar-refractivity contribution < 1.29 is 0 Å². The third-order valence-corrected chi connectivity index (χ3v) is 4.01. The van der Waals surface area contributed by atoms with Gasteiger partial charge >= 0.3 is 0 Å². The predicted octanol–water partition coefficient (Wildman–Crippen LogP) is 3.68. The van der Waals surface area contributed by atoms with E-state index in [0.717, 1.165) is 34.1 Å². The summed E-state index contributed by atoms with van der Waals surface area (Å²) >= 11 is 9.27. The summed E-state index contributed by atoms with van der Waals surface area (Å²) < 4.78 is 0. The van der Waals surface area contributed by atoms with Gasteiger partial charge in [0.25, 0.3) is 0 Å². The Morgan fingerprint density at radius 1 is 1.53 bits per heavy atom. The van der Waals surface area contributed by atoms with Crippen molar-refractivity contribution in [1.82, 2.24) is 9.97 Å². The topological polar surface area (TPSA) is 37.8 Å². The molecule has 0 aliphatic heterocycles. The van der Waals surface area contributed by atoms with E-state index in [1.54, 1.807) is 11.3 Å². The second-order valence-corrected chi connectivity index (χ2v) is 5.65. The highest BCUT2D eigenvalue weighted by atomic mass is 35.5. The van der Waals surface area contributed by atoms with Crippen LogP contribution in [0.1, 0.15) is 0 Å². The van der Waals surface area contributed by atoms with Gasteiger partial charge in [0.15, 0.2) is 0 Å². The van der Waals surface area contributed by atoms with Crippen molar-refractivity contribution in [3.05, 3.63) is 29.4 Å². The maximum atomic E-state index is 5.87. The highest BCUT2D eigenvalue weighted by Gasteiger charge is 2.06. The summed E-state index contributed by atoms with van der Waals surface area (Å²) in [4.78, 5) is 9.30. The van der Waals surface area contributed by atoms with Crippen molar-refractivity contribution in [2.24, 2.45) is 0 Å². The minimum Gasteiger partial charge on any atom is -0.369 e. The van der Waals surface area contributed by atoms with Gasteiger partial charge in [-0.05, 0) is 23.0 Å². The van der Waals surface area contributed by atoms with Crippen LogP contribution >= 0.6 is 34.7 Å². The Balaban J connectivity index is 2.02. The van der Waals surface area contributed by atoms with E-state index in [4.69, 9.17) is 11.6 Å². The summed E-state index contributed by atoms with van der Waals surface area (Å²) in [7, 11) is 0. The van der Waals surface area contributed by atoms with Gasteiger partial charge in [-0.2, -0.15) is 11.8 Å². The molecule has 0 radical (unpaired) electrons. The van der Waals surface area contributed by atoms with Gasteiger partial charge in [-0.3, -0.25) is 0 Å². The number of aromatic nitrogens is 2. The molecule has 2 aromatic heterocycles. The van der Waals surface area contributed by atoms with Gasteiger partial charge in [0.05, 0.1) is 5.39 Å². The van der Waals surface area contributed by atoms with Crippen molar-refractivity contribution in [2.45, 2.75) is 0 Å². The van der Waals surface area contributed by atoms with E-state index < -0.39 is 0 Å². The van der Waals surface area contributed by atoms with Gasteiger partial charge in [-0.25, -0.2) is 9.97 Å². The number of hydrogen-bond acceptors (Lipinski definition) is 5. The van der Waals surface area contributed by atoms with E-state index in [9.17, 15) is 0 Å². The lowest BCUT2D eigenvalue weighted by molar-refractivity contribution is 1.15. The summed E-state index contributed by atoms with van der Waals surface area (Å²) in [5, 5.41) is 6.61. The molecular weight excluding hydrogens is 274 g/mol. The first kappa shape index (κ1) is 12.7. The minimum atomic E-state index is 0.293. The first-order valence-electron chi connectivity index (χ1n) is 5.14. The molecule has 90 valence electrons. The highest BCUT2D eigenvalue weighted by Crippen LogP contribution is 2.26. The summed E-state index contributed by atoms with van der Waals surface area (Å²) in [5.74, 6) is 2.81. The number of rotatable bonds is 6. The Labute approximate surface area is 113 Å². The SMILES string of the molecule is C=CCSCCNc1nc(Cl)nc2sccc12. The zero-order valence-electron chi connectivity index (χ0n) is 9.15. The molecule has 0 fully saturated rings. The van der Waals surface area contributed by atoms with Crippen LogP contribution in [-0.4, -0.2) is 28.0 Å². The van der Waals surface area contributed by atoms with Crippen LogP contribution in [-0.2, 0) is 0 Å². The van der Waals surface area contributed by atoms with E-state index >= 15 is 0 Å². The van der Waals surface area contributed by atoms with Gasteiger partial charge in [-0.15, -0.1) is 17.9 Å². The van der Waals surface area contributed by atoms with Crippen LogP contribution in [0.3, 0.4) is 0 Å². The fourth-order valence-corrected chi connectivity index (χ4v) is 2.94. The molecule has 0 saturated carbocycles. The molecule has 2 aromatic rings. The molecule has 0 bridgehead atoms. The normalized spacial score (nSPS) is 10.6. The first-order valence-corrected chi connectivity index (χ1v) is 7.55. The van der Waals surface area contributed by atoms with Crippen LogP contribution in [0.25, 0.3) is 10.2 Å².